The summed E-state index contributed by atoms with van der Waals surface area (Å²) in [6, 6.07) is 11.7. The highest BCUT2D eigenvalue weighted by Crippen LogP contribution is 2.12. The molecule has 0 saturated carbocycles. The van der Waals surface area contributed by atoms with E-state index in [1.807, 2.05) is 0 Å². The molecule has 0 atom stereocenters. The van der Waals surface area contributed by atoms with Crippen LogP contribution in [0.2, 0.25) is 0 Å². The van der Waals surface area contributed by atoms with Gasteiger partial charge in [-0.25, -0.2) is 9.18 Å². The fourth-order valence-corrected chi connectivity index (χ4v) is 2.59. The average molecular weight is 376 g/mol. The summed E-state index contributed by atoms with van der Waals surface area (Å²) in [5.74, 6) is -1.20. The topological polar surface area (TPSA) is 84.5 Å². The number of nitrogens with one attached hydrogen (secondary N) is 2. The SMILES string of the molecule is COC(=O)c1ccc(NC(=O)CSCC(=O)Nc2ccc(F)cc2)cc1. The number of rotatable bonds is 7. The van der Waals surface area contributed by atoms with E-state index in [2.05, 4.69) is 15.4 Å². The van der Waals surface area contributed by atoms with Crippen LogP contribution in [0.5, 0.6) is 0 Å². The maximum atomic E-state index is 12.8. The molecule has 2 aromatic carbocycles. The van der Waals surface area contributed by atoms with Gasteiger partial charge in [0.25, 0.3) is 0 Å². The number of carbonyl (C=O) groups excluding carboxylic acids is 3. The average Bonchev–Trinajstić information content (AvgIpc) is 2.63. The van der Waals surface area contributed by atoms with E-state index in [1.54, 1.807) is 24.3 Å². The zero-order valence-corrected chi connectivity index (χ0v) is 14.8. The lowest BCUT2D eigenvalue weighted by atomic mass is 10.2. The molecule has 0 heterocycles. The molecule has 0 bridgehead atoms. The summed E-state index contributed by atoms with van der Waals surface area (Å²) in [7, 11) is 1.29. The smallest absolute Gasteiger partial charge is 0.337 e. The van der Waals surface area contributed by atoms with Crippen LogP contribution in [0, 0.1) is 5.82 Å². The lowest BCUT2D eigenvalue weighted by Gasteiger charge is -2.07. The molecule has 6 nitrogen and oxygen atoms in total. The number of carbonyl (C=O) groups is 3. The molecule has 0 unspecified atom stereocenters. The first-order valence-corrected chi connectivity index (χ1v) is 8.75. The number of methoxy groups -OCH3 is 1. The van der Waals surface area contributed by atoms with Crippen LogP contribution < -0.4 is 10.6 Å². The molecule has 0 aromatic heterocycles. The van der Waals surface area contributed by atoms with Gasteiger partial charge in [-0.1, -0.05) is 0 Å². The van der Waals surface area contributed by atoms with Gasteiger partial charge in [0.15, 0.2) is 0 Å². The van der Waals surface area contributed by atoms with E-state index < -0.39 is 5.97 Å². The van der Waals surface area contributed by atoms with Crippen molar-refractivity contribution in [3.05, 3.63) is 59.9 Å². The fourth-order valence-electron chi connectivity index (χ4n) is 1.97. The first-order chi connectivity index (χ1) is 12.5. The van der Waals surface area contributed by atoms with Gasteiger partial charge >= 0.3 is 5.97 Å². The van der Waals surface area contributed by atoms with Gasteiger partial charge in [0.1, 0.15) is 5.82 Å². The summed E-state index contributed by atoms with van der Waals surface area (Å²) in [6.07, 6.45) is 0. The molecule has 2 amide bonds. The summed E-state index contributed by atoms with van der Waals surface area (Å²) in [5, 5.41) is 5.28. The van der Waals surface area contributed by atoms with Crippen molar-refractivity contribution < 1.29 is 23.5 Å². The van der Waals surface area contributed by atoms with Crippen LogP contribution in [0.15, 0.2) is 48.5 Å². The third kappa shape index (κ3) is 6.21. The quantitative estimate of drug-likeness (QED) is 0.726. The summed E-state index contributed by atoms with van der Waals surface area (Å²) >= 11 is 1.15. The van der Waals surface area contributed by atoms with Gasteiger partial charge in [-0.3, -0.25) is 9.59 Å². The van der Waals surface area contributed by atoms with E-state index in [0.29, 0.717) is 16.9 Å². The van der Waals surface area contributed by atoms with Crippen LogP contribution in [0.1, 0.15) is 10.4 Å². The van der Waals surface area contributed by atoms with Crippen molar-refractivity contribution in [3.8, 4) is 0 Å². The molecular weight excluding hydrogens is 359 g/mol. The van der Waals surface area contributed by atoms with E-state index in [1.165, 1.54) is 31.4 Å². The van der Waals surface area contributed by atoms with Crippen molar-refractivity contribution in [2.45, 2.75) is 0 Å². The predicted molar refractivity (Wildman–Crippen MR) is 98.8 cm³/mol. The second-order valence-corrected chi connectivity index (χ2v) is 6.15. The minimum absolute atomic E-state index is 0.0894. The highest BCUT2D eigenvalue weighted by Gasteiger charge is 2.08. The van der Waals surface area contributed by atoms with Crippen molar-refractivity contribution >= 4 is 40.9 Å². The molecular formula is C18H17FN2O4S. The molecule has 0 spiro atoms. The fraction of sp³-hybridized carbons (Fsp3) is 0.167. The van der Waals surface area contributed by atoms with Gasteiger partial charge in [-0.2, -0.15) is 0 Å². The van der Waals surface area contributed by atoms with Crippen LogP contribution in [-0.4, -0.2) is 36.4 Å². The second-order valence-electron chi connectivity index (χ2n) is 5.16. The molecule has 136 valence electrons. The molecule has 8 heteroatoms. The number of benzene rings is 2. The first kappa shape index (κ1) is 19.5. The summed E-state index contributed by atoms with van der Waals surface area (Å²) in [4.78, 5) is 35.0. The van der Waals surface area contributed by atoms with Gasteiger partial charge in [-0.05, 0) is 48.5 Å². The Hall–Kier alpha value is -2.87. The Morgan fingerprint density at radius 1 is 0.885 bits per heavy atom. The maximum Gasteiger partial charge on any atom is 0.337 e. The van der Waals surface area contributed by atoms with Gasteiger partial charge < -0.3 is 15.4 Å². The summed E-state index contributed by atoms with van der Waals surface area (Å²) < 4.78 is 17.4. The molecule has 0 radical (unpaired) electrons. The van der Waals surface area contributed by atoms with Crippen LogP contribution in [-0.2, 0) is 14.3 Å². The van der Waals surface area contributed by atoms with E-state index in [-0.39, 0.29) is 29.1 Å². The number of ether oxygens (including phenoxy) is 1. The van der Waals surface area contributed by atoms with Crippen LogP contribution >= 0.6 is 11.8 Å². The van der Waals surface area contributed by atoms with Crippen molar-refractivity contribution in [1.82, 2.24) is 0 Å². The van der Waals surface area contributed by atoms with Gasteiger partial charge in [0, 0.05) is 11.4 Å². The molecule has 0 fully saturated rings. The van der Waals surface area contributed by atoms with E-state index in [9.17, 15) is 18.8 Å². The molecule has 0 saturated heterocycles. The van der Waals surface area contributed by atoms with Crippen molar-refractivity contribution in [2.24, 2.45) is 0 Å². The second kappa shape index (κ2) is 9.57. The molecule has 2 aromatic rings. The monoisotopic (exact) mass is 376 g/mol. The normalized spacial score (nSPS) is 10.1. The lowest BCUT2D eigenvalue weighted by molar-refractivity contribution is -0.114. The van der Waals surface area contributed by atoms with Crippen molar-refractivity contribution in [3.63, 3.8) is 0 Å². The highest BCUT2D eigenvalue weighted by molar-refractivity contribution is 8.00. The Bertz CT molecular complexity index is 779. The van der Waals surface area contributed by atoms with Gasteiger partial charge in [0.2, 0.25) is 11.8 Å². The summed E-state index contributed by atoms with van der Waals surface area (Å²) in [5.41, 5.74) is 1.42. The van der Waals surface area contributed by atoms with Gasteiger partial charge in [-0.15, -0.1) is 11.8 Å². The lowest BCUT2D eigenvalue weighted by Crippen LogP contribution is -2.18. The van der Waals surface area contributed by atoms with E-state index in [0.717, 1.165) is 11.8 Å². The minimum atomic E-state index is -0.453. The zero-order valence-electron chi connectivity index (χ0n) is 14.0. The number of halogens is 1. The molecule has 2 N–H and O–H groups in total. The molecule has 26 heavy (non-hydrogen) atoms. The molecule has 2 rings (SSSR count). The number of hydrogen-bond acceptors (Lipinski definition) is 5. The van der Waals surface area contributed by atoms with E-state index >= 15 is 0 Å². The first-order valence-electron chi connectivity index (χ1n) is 7.59. The zero-order chi connectivity index (χ0) is 18.9. The van der Waals surface area contributed by atoms with Crippen molar-refractivity contribution in [1.29, 1.82) is 0 Å². The summed E-state index contributed by atoms with van der Waals surface area (Å²) in [6.45, 7) is 0. The van der Waals surface area contributed by atoms with Gasteiger partial charge in [0.05, 0.1) is 24.2 Å². The van der Waals surface area contributed by atoms with Crippen molar-refractivity contribution in [2.75, 3.05) is 29.2 Å². The third-order valence-corrected chi connectivity index (χ3v) is 4.12. The van der Waals surface area contributed by atoms with Crippen LogP contribution in [0.25, 0.3) is 0 Å². The van der Waals surface area contributed by atoms with Crippen LogP contribution in [0.3, 0.4) is 0 Å². The number of anilines is 2. The molecule has 0 aliphatic heterocycles. The Morgan fingerprint density at radius 2 is 1.35 bits per heavy atom. The van der Waals surface area contributed by atoms with Crippen LogP contribution in [0.4, 0.5) is 15.8 Å². The molecule has 0 aliphatic rings. The number of hydrogen-bond donors (Lipinski definition) is 2. The highest BCUT2D eigenvalue weighted by atomic mass is 32.2. The number of esters is 1. The maximum absolute atomic E-state index is 12.8. The Morgan fingerprint density at radius 3 is 1.81 bits per heavy atom. The Labute approximate surface area is 154 Å². The Kier molecular flexibility index (Phi) is 7.16. The Balaban J connectivity index is 1.72. The third-order valence-electron chi connectivity index (χ3n) is 3.18. The number of thioether (sulfide) groups is 1. The standard InChI is InChI=1S/C18H17FN2O4S/c1-25-18(24)12-2-6-14(7-3-12)20-16(22)10-26-11-17(23)21-15-8-4-13(19)5-9-15/h2-9H,10-11H2,1H3,(H,20,22)(H,21,23). The van der Waals surface area contributed by atoms with E-state index in [4.69, 9.17) is 0 Å². The molecule has 0 aliphatic carbocycles. The number of amides is 2. The predicted octanol–water partition coefficient (Wildman–Crippen LogP) is 2.92. The minimum Gasteiger partial charge on any atom is -0.465 e. The largest absolute Gasteiger partial charge is 0.465 e.